The molecule has 124 valence electrons. The van der Waals surface area contributed by atoms with Gasteiger partial charge >= 0.3 is 0 Å². The van der Waals surface area contributed by atoms with Crippen molar-refractivity contribution < 1.29 is 14.3 Å². The Bertz CT molecular complexity index is 597. The molecular formula is C17H23N3O3. The number of benzene rings is 1. The second-order valence-corrected chi connectivity index (χ2v) is 6.19. The summed E-state index contributed by atoms with van der Waals surface area (Å²) in [6, 6.07) is 7.98. The lowest BCUT2D eigenvalue weighted by atomic mass is 10.1. The van der Waals surface area contributed by atoms with Gasteiger partial charge in [-0.3, -0.25) is 9.59 Å². The van der Waals surface area contributed by atoms with Crippen LogP contribution in [0.25, 0.3) is 0 Å². The Morgan fingerprint density at radius 1 is 1.22 bits per heavy atom. The average Bonchev–Trinajstić information content (AvgIpc) is 2.93. The lowest BCUT2D eigenvalue weighted by Crippen LogP contribution is -2.50. The Morgan fingerprint density at radius 2 is 1.96 bits per heavy atom. The fourth-order valence-electron chi connectivity index (χ4n) is 3.28. The maximum absolute atomic E-state index is 12.5. The highest BCUT2D eigenvalue weighted by Gasteiger charge is 2.35. The van der Waals surface area contributed by atoms with E-state index in [4.69, 9.17) is 4.74 Å². The van der Waals surface area contributed by atoms with Crippen LogP contribution < -0.4 is 9.64 Å². The van der Waals surface area contributed by atoms with Gasteiger partial charge in [0.05, 0.1) is 13.0 Å². The lowest BCUT2D eigenvalue weighted by molar-refractivity contribution is -0.136. The van der Waals surface area contributed by atoms with E-state index < -0.39 is 0 Å². The van der Waals surface area contributed by atoms with Gasteiger partial charge in [0, 0.05) is 57.9 Å². The quantitative estimate of drug-likeness (QED) is 0.828. The van der Waals surface area contributed by atoms with Crippen molar-refractivity contribution in [3.05, 3.63) is 24.3 Å². The largest absolute Gasteiger partial charge is 0.497 e. The maximum Gasteiger partial charge on any atom is 0.228 e. The normalized spacial score (nSPS) is 21.7. The second kappa shape index (κ2) is 6.48. The fraction of sp³-hybridized carbons (Fsp3) is 0.529. The summed E-state index contributed by atoms with van der Waals surface area (Å²) in [7, 11) is 3.42. The fourth-order valence-corrected chi connectivity index (χ4v) is 3.28. The number of methoxy groups -OCH3 is 1. The van der Waals surface area contributed by atoms with Crippen molar-refractivity contribution in [3.63, 3.8) is 0 Å². The number of carbonyl (C=O) groups is 2. The van der Waals surface area contributed by atoms with E-state index in [1.54, 1.807) is 19.1 Å². The van der Waals surface area contributed by atoms with Gasteiger partial charge in [-0.05, 0) is 12.1 Å². The van der Waals surface area contributed by atoms with E-state index in [0.29, 0.717) is 26.1 Å². The zero-order valence-electron chi connectivity index (χ0n) is 13.7. The monoisotopic (exact) mass is 317 g/mol. The van der Waals surface area contributed by atoms with Crippen LogP contribution in [-0.2, 0) is 9.59 Å². The number of piperazine rings is 1. The molecule has 0 saturated carbocycles. The van der Waals surface area contributed by atoms with Crippen molar-refractivity contribution in [2.24, 2.45) is 5.92 Å². The Balaban J connectivity index is 1.58. The van der Waals surface area contributed by atoms with Crippen LogP contribution in [0.2, 0.25) is 0 Å². The molecule has 2 aliphatic heterocycles. The highest BCUT2D eigenvalue weighted by molar-refractivity contribution is 5.89. The molecule has 0 aromatic heterocycles. The molecule has 6 heteroatoms. The van der Waals surface area contributed by atoms with Crippen LogP contribution >= 0.6 is 0 Å². The molecule has 2 aliphatic rings. The minimum atomic E-state index is -0.170. The minimum Gasteiger partial charge on any atom is -0.497 e. The molecule has 2 fully saturated rings. The number of anilines is 1. The molecule has 0 bridgehead atoms. The van der Waals surface area contributed by atoms with Gasteiger partial charge in [-0.1, -0.05) is 6.07 Å². The van der Waals surface area contributed by atoms with E-state index in [9.17, 15) is 9.59 Å². The van der Waals surface area contributed by atoms with Crippen LogP contribution in [0.1, 0.15) is 6.42 Å². The number of ether oxygens (including phenoxy) is 1. The first-order chi connectivity index (χ1) is 11.1. The number of amides is 2. The molecule has 0 radical (unpaired) electrons. The predicted molar refractivity (Wildman–Crippen MR) is 87.5 cm³/mol. The van der Waals surface area contributed by atoms with Crippen molar-refractivity contribution >= 4 is 17.5 Å². The highest BCUT2D eigenvalue weighted by atomic mass is 16.5. The van der Waals surface area contributed by atoms with Crippen LogP contribution in [0, 0.1) is 5.92 Å². The number of likely N-dealkylation sites (tertiary alicyclic amines) is 1. The molecule has 2 heterocycles. The molecule has 2 saturated heterocycles. The van der Waals surface area contributed by atoms with Gasteiger partial charge in [-0.15, -0.1) is 0 Å². The van der Waals surface area contributed by atoms with Crippen LogP contribution in [0.5, 0.6) is 5.75 Å². The van der Waals surface area contributed by atoms with E-state index in [2.05, 4.69) is 11.0 Å². The first-order valence-electron chi connectivity index (χ1n) is 8.00. The summed E-state index contributed by atoms with van der Waals surface area (Å²) in [5.74, 6) is 0.857. The molecule has 0 unspecified atom stereocenters. The third kappa shape index (κ3) is 3.25. The van der Waals surface area contributed by atoms with Gasteiger partial charge in [-0.2, -0.15) is 0 Å². The van der Waals surface area contributed by atoms with Gasteiger partial charge in [0.15, 0.2) is 0 Å². The smallest absolute Gasteiger partial charge is 0.228 e. The Hall–Kier alpha value is -2.24. The van der Waals surface area contributed by atoms with E-state index in [-0.39, 0.29) is 17.7 Å². The number of hydrogen-bond donors (Lipinski definition) is 0. The summed E-state index contributed by atoms with van der Waals surface area (Å²) in [5.41, 5.74) is 1.12. The van der Waals surface area contributed by atoms with Crippen LogP contribution in [0.15, 0.2) is 24.3 Å². The number of hydrogen-bond acceptors (Lipinski definition) is 4. The molecule has 23 heavy (non-hydrogen) atoms. The summed E-state index contributed by atoms with van der Waals surface area (Å²) in [5, 5.41) is 0. The van der Waals surface area contributed by atoms with Gasteiger partial charge in [0.1, 0.15) is 5.75 Å². The zero-order valence-corrected chi connectivity index (χ0v) is 13.7. The molecule has 0 N–H and O–H groups in total. The molecule has 1 atom stereocenters. The molecule has 6 nitrogen and oxygen atoms in total. The summed E-state index contributed by atoms with van der Waals surface area (Å²) in [6.07, 6.45) is 0.353. The Labute approximate surface area is 136 Å². The third-order valence-electron chi connectivity index (χ3n) is 4.70. The molecule has 1 aromatic carbocycles. The minimum absolute atomic E-state index is 0.0679. The van der Waals surface area contributed by atoms with Crippen molar-refractivity contribution in [3.8, 4) is 5.75 Å². The van der Waals surface area contributed by atoms with Gasteiger partial charge < -0.3 is 19.4 Å². The van der Waals surface area contributed by atoms with Gasteiger partial charge in [0.2, 0.25) is 11.8 Å². The summed E-state index contributed by atoms with van der Waals surface area (Å²) < 4.78 is 5.26. The van der Waals surface area contributed by atoms with Crippen LogP contribution in [0.4, 0.5) is 5.69 Å². The zero-order chi connectivity index (χ0) is 16.4. The SMILES string of the molecule is COc1cccc(N2CCN(C(=O)[C@@H]3CC(=O)N(C)C3)CC2)c1. The van der Waals surface area contributed by atoms with E-state index in [1.807, 2.05) is 23.1 Å². The summed E-state index contributed by atoms with van der Waals surface area (Å²) in [4.78, 5) is 30.0. The van der Waals surface area contributed by atoms with E-state index >= 15 is 0 Å². The van der Waals surface area contributed by atoms with Crippen LogP contribution in [-0.4, -0.2) is 68.5 Å². The Kier molecular flexibility index (Phi) is 4.41. The first kappa shape index (κ1) is 15.6. The lowest BCUT2D eigenvalue weighted by Gasteiger charge is -2.37. The van der Waals surface area contributed by atoms with Gasteiger partial charge in [0.25, 0.3) is 0 Å². The first-order valence-corrected chi connectivity index (χ1v) is 8.00. The van der Waals surface area contributed by atoms with Crippen LogP contribution in [0.3, 0.4) is 0 Å². The predicted octanol–water partition coefficient (Wildman–Crippen LogP) is 0.822. The van der Waals surface area contributed by atoms with E-state index in [0.717, 1.165) is 24.5 Å². The standard InChI is InChI=1S/C17H23N3O3/c1-18-12-13(10-16(18)21)17(22)20-8-6-19(7-9-20)14-4-3-5-15(11-14)23-2/h3-5,11,13H,6-10,12H2,1-2H3/t13-/m1/s1. The molecule has 2 amide bonds. The molecule has 0 aliphatic carbocycles. The highest BCUT2D eigenvalue weighted by Crippen LogP contribution is 2.24. The molecule has 0 spiro atoms. The summed E-state index contributed by atoms with van der Waals surface area (Å²) >= 11 is 0. The second-order valence-electron chi connectivity index (χ2n) is 6.19. The number of nitrogens with zero attached hydrogens (tertiary/aromatic N) is 3. The maximum atomic E-state index is 12.5. The topological polar surface area (TPSA) is 53.1 Å². The molecule has 3 rings (SSSR count). The average molecular weight is 317 g/mol. The molecule has 1 aromatic rings. The third-order valence-corrected chi connectivity index (χ3v) is 4.70. The van der Waals surface area contributed by atoms with Crippen molar-refractivity contribution in [1.82, 2.24) is 9.80 Å². The Morgan fingerprint density at radius 3 is 2.57 bits per heavy atom. The van der Waals surface area contributed by atoms with Gasteiger partial charge in [-0.25, -0.2) is 0 Å². The summed E-state index contributed by atoms with van der Waals surface area (Å²) in [6.45, 7) is 3.55. The van der Waals surface area contributed by atoms with E-state index in [1.165, 1.54) is 0 Å². The van der Waals surface area contributed by atoms with Crippen molar-refractivity contribution in [2.75, 3.05) is 51.8 Å². The number of carbonyl (C=O) groups excluding carboxylic acids is 2. The van der Waals surface area contributed by atoms with Crippen molar-refractivity contribution in [2.45, 2.75) is 6.42 Å². The molecular weight excluding hydrogens is 294 g/mol. The van der Waals surface area contributed by atoms with Crippen molar-refractivity contribution in [1.29, 1.82) is 0 Å². The number of rotatable bonds is 3.